The fourth-order valence-electron chi connectivity index (χ4n) is 5.79. The van der Waals surface area contributed by atoms with E-state index in [1.54, 1.807) is 18.9 Å². The lowest BCUT2D eigenvalue weighted by Gasteiger charge is -2.44. The molecule has 0 bridgehead atoms. The Kier molecular flexibility index (Phi) is 7.85. The molecule has 0 radical (unpaired) electrons. The number of amides is 1. The van der Waals surface area contributed by atoms with Crippen molar-refractivity contribution in [3.05, 3.63) is 48.0 Å². The molecule has 2 aromatic rings. The standard InChI is InChI=1S/C29H38N2O4S/c1-3-34-24-10-11-26-25(19-24)27(20-29(35-26)12-5-4-6-13-29)36-21-28(32)31-16-14-30(15-17-31)22-8-7-9-23(18-22)33-2/h7-11,18-19,27H,3-6,12-17,20-21H2,1-2H3/t27-/m1/s1. The third kappa shape index (κ3) is 5.56. The highest BCUT2D eigenvalue weighted by atomic mass is 32.2. The van der Waals surface area contributed by atoms with Crippen LogP contribution in [0.4, 0.5) is 5.69 Å². The number of benzene rings is 2. The van der Waals surface area contributed by atoms with E-state index >= 15 is 0 Å². The zero-order valence-electron chi connectivity index (χ0n) is 21.5. The van der Waals surface area contributed by atoms with E-state index in [0.717, 1.165) is 68.4 Å². The highest BCUT2D eigenvalue weighted by molar-refractivity contribution is 8.00. The predicted molar refractivity (Wildman–Crippen MR) is 146 cm³/mol. The smallest absolute Gasteiger partial charge is 0.232 e. The Morgan fingerprint density at radius 1 is 1.06 bits per heavy atom. The average Bonchev–Trinajstić information content (AvgIpc) is 2.92. The Labute approximate surface area is 219 Å². The molecule has 1 aliphatic carbocycles. The van der Waals surface area contributed by atoms with Crippen LogP contribution in [-0.4, -0.2) is 62.1 Å². The van der Waals surface area contributed by atoms with E-state index in [2.05, 4.69) is 29.2 Å². The van der Waals surface area contributed by atoms with Crippen LogP contribution in [-0.2, 0) is 4.79 Å². The number of piperazine rings is 1. The summed E-state index contributed by atoms with van der Waals surface area (Å²) in [5.41, 5.74) is 2.25. The molecule has 3 aliphatic rings. The number of methoxy groups -OCH3 is 1. The van der Waals surface area contributed by atoms with Gasteiger partial charge in [-0.05, 0) is 62.9 Å². The highest BCUT2D eigenvalue weighted by Crippen LogP contribution is 2.51. The monoisotopic (exact) mass is 510 g/mol. The van der Waals surface area contributed by atoms with Crippen molar-refractivity contribution in [1.82, 2.24) is 4.90 Å². The molecule has 2 fully saturated rings. The van der Waals surface area contributed by atoms with Crippen molar-refractivity contribution in [3.8, 4) is 17.2 Å². The Bertz CT molecular complexity index is 1050. The van der Waals surface area contributed by atoms with Gasteiger partial charge in [0.2, 0.25) is 5.91 Å². The van der Waals surface area contributed by atoms with E-state index in [-0.39, 0.29) is 16.8 Å². The first kappa shape index (κ1) is 25.1. The van der Waals surface area contributed by atoms with Crippen LogP contribution < -0.4 is 19.1 Å². The molecule has 5 rings (SSSR count). The summed E-state index contributed by atoms with van der Waals surface area (Å²) in [7, 11) is 1.69. The van der Waals surface area contributed by atoms with Gasteiger partial charge in [-0.3, -0.25) is 4.79 Å². The highest BCUT2D eigenvalue weighted by Gasteiger charge is 2.42. The first-order chi connectivity index (χ1) is 17.6. The number of fused-ring (bicyclic) bond motifs is 1. The number of thioether (sulfide) groups is 1. The van der Waals surface area contributed by atoms with Gasteiger partial charge in [0.05, 0.1) is 19.5 Å². The number of carbonyl (C=O) groups is 1. The quantitative estimate of drug-likeness (QED) is 0.476. The number of hydrogen-bond donors (Lipinski definition) is 0. The molecular weight excluding hydrogens is 472 g/mol. The number of nitrogens with zero attached hydrogens (tertiary/aromatic N) is 2. The summed E-state index contributed by atoms with van der Waals surface area (Å²) in [6.07, 6.45) is 6.92. The molecule has 1 atom stereocenters. The maximum Gasteiger partial charge on any atom is 0.232 e. The minimum absolute atomic E-state index is 0.0819. The van der Waals surface area contributed by atoms with E-state index in [9.17, 15) is 4.79 Å². The molecule has 0 N–H and O–H groups in total. The Morgan fingerprint density at radius 3 is 2.61 bits per heavy atom. The van der Waals surface area contributed by atoms with Crippen LogP contribution in [0.25, 0.3) is 0 Å². The molecule has 6 nitrogen and oxygen atoms in total. The van der Waals surface area contributed by atoms with Crippen molar-refractivity contribution in [1.29, 1.82) is 0 Å². The Hall–Kier alpha value is -2.54. The van der Waals surface area contributed by atoms with E-state index < -0.39 is 0 Å². The van der Waals surface area contributed by atoms with Gasteiger partial charge in [-0.2, -0.15) is 0 Å². The van der Waals surface area contributed by atoms with Crippen LogP contribution in [0, 0.1) is 0 Å². The maximum absolute atomic E-state index is 13.2. The number of ether oxygens (including phenoxy) is 3. The maximum atomic E-state index is 13.2. The van der Waals surface area contributed by atoms with Crippen LogP contribution >= 0.6 is 11.8 Å². The summed E-state index contributed by atoms with van der Waals surface area (Å²) in [6, 6.07) is 14.4. The lowest BCUT2D eigenvalue weighted by atomic mass is 9.78. The summed E-state index contributed by atoms with van der Waals surface area (Å²) in [6.45, 7) is 5.82. The lowest BCUT2D eigenvalue weighted by molar-refractivity contribution is -0.128. The zero-order valence-corrected chi connectivity index (χ0v) is 22.4. The summed E-state index contributed by atoms with van der Waals surface area (Å²) in [5.74, 6) is 3.45. The van der Waals surface area contributed by atoms with Crippen molar-refractivity contribution in [3.63, 3.8) is 0 Å². The molecule has 7 heteroatoms. The zero-order chi connectivity index (χ0) is 25.0. The van der Waals surface area contributed by atoms with Crippen LogP contribution in [0.15, 0.2) is 42.5 Å². The molecule has 0 aromatic heterocycles. The van der Waals surface area contributed by atoms with Crippen molar-refractivity contribution in [2.75, 3.05) is 50.5 Å². The van der Waals surface area contributed by atoms with Gasteiger partial charge in [-0.15, -0.1) is 11.8 Å². The minimum Gasteiger partial charge on any atom is -0.497 e. The number of anilines is 1. The topological polar surface area (TPSA) is 51.2 Å². The molecule has 2 aromatic carbocycles. The molecule has 1 amide bonds. The van der Waals surface area contributed by atoms with E-state index in [0.29, 0.717) is 12.4 Å². The third-order valence-electron chi connectivity index (χ3n) is 7.75. The van der Waals surface area contributed by atoms with Crippen molar-refractivity contribution >= 4 is 23.4 Å². The molecular formula is C29H38N2O4S. The fraction of sp³-hybridized carbons (Fsp3) is 0.552. The number of hydrogen-bond acceptors (Lipinski definition) is 6. The van der Waals surface area contributed by atoms with E-state index in [1.165, 1.54) is 24.8 Å². The number of carbonyl (C=O) groups excluding carboxylic acids is 1. The molecule has 1 spiro atoms. The molecule has 1 saturated carbocycles. The third-order valence-corrected chi connectivity index (χ3v) is 8.98. The SMILES string of the molecule is CCOc1ccc2c(c1)[C@H](SCC(=O)N1CCN(c3cccc(OC)c3)CC1)CC1(CCCCC1)O2. The fourth-order valence-corrected chi connectivity index (χ4v) is 7.10. The van der Waals surface area contributed by atoms with E-state index in [1.807, 2.05) is 30.0 Å². The van der Waals surface area contributed by atoms with E-state index in [4.69, 9.17) is 14.2 Å². The molecule has 2 aliphatic heterocycles. The minimum atomic E-state index is -0.0819. The van der Waals surface area contributed by atoms with Gasteiger partial charge in [0.25, 0.3) is 0 Å². The first-order valence-corrected chi connectivity index (χ1v) is 14.4. The second-order valence-corrected chi connectivity index (χ2v) is 11.2. The summed E-state index contributed by atoms with van der Waals surface area (Å²) in [5, 5.41) is 0.245. The van der Waals surface area contributed by atoms with Crippen LogP contribution in [0.3, 0.4) is 0 Å². The molecule has 0 unspecified atom stereocenters. The molecule has 2 heterocycles. The van der Waals surface area contributed by atoms with Crippen LogP contribution in [0.5, 0.6) is 17.2 Å². The Morgan fingerprint density at radius 2 is 1.86 bits per heavy atom. The lowest BCUT2D eigenvalue weighted by Crippen LogP contribution is -2.49. The average molecular weight is 511 g/mol. The van der Waals surface area contributed by atoms with Crippen molar-refractivity contribution in [2.45, 2.75) is 56.3 Å². The van der Waals surface area contributed by atoms with Gasteiger partial charge in [0.1, 0.15) is 22.8 Å². The summed E-state index contributed by atoms with van der Waals surface area (Å²) in [4.78, 5) is 17.6. The largest absolute Gasteiger partial charge is 0.497 e. The van der Waals surface area contributed by atoms with Gasteiger partial charge >= 0.3 is 0 Å². The van der Waals surface area contributed by atoms with Gasteiger partial charge in [0.15, 0.2) is 0 Å². The summed E-state index contributed by atoms with van der Waals surface area (Å²) < 4.78 is 17.8. The van der Waals surface area contributed by atoms with Gasteiger partial charge < -0.3 is 24.0 Å². The number of rotatable bonds is 7. The van der Waals surface area contributed by atoms with Crippen LogP contribution in [0.1, 0.15) is 56.3 Å². The second-order valence-electron chi connectivity index (χ2n) is 10.1. The van der Waals surface area contributed by atoms with Crippen molar-refractivity contribution < 1.29 is 19.0 Å². The normalized spacial score (nSPS) is 21.0. The second kappa shape index (κ2) is 11.2. The van der Waals surface area contributed by atoms with Gasteiger partial charge in [0, 0.05) is 55.2 Å². The first-order valence-electron chi connectivity index (χ1n) is 13.3. The predicted octanol–water partition coefficient (Wildman–Crippen LogP) is 5.70. The van der Waals surface area contributed by atoms with Crippen LogP contribution in [0.2, 0.25) is 0 Å². The van der Waals surface area contributed by atoms with Gasteiger partial charge in [-0.1, -0.05) is 12.5 Å². The molecule has 36 heavy (non-hydrogen) atoms. The van der Waals surface area contributed by atoms with Crippen molar-refractivity contribution in [2.24, 2.45) is 0 Å². The molecule has 1 saturated heterocycles. The summed E-state index contributed by atoms with van der Waals surface area (Å²) >= 11 is 1.78. The van der Waals surface area contributed by atoms with Gasteiger partial charge in [-0.25, -0.2) is 0 Å². The Balaban J connectivity index is 1.22. The molecule has 194 valence electrons.